The van der Waals surface area contributed by atoms with Crippen LogP contribution in [0.25, 0.3) is 0 Å². The summed E-state index contributed by atoms with van der Waals surface area (Å²) in [7, 11) is 0. The molecule has 0 aromatic heterocycles. The quantitative estimate of drug-likeness (QED) is 0.665. The summed E-state index contributed by atoms with van der Waals surface area (Å²) in [5.74, 6) is 1.90. The maximum absolute atomic E-state index is 2.54. The van der Waals surface area contributed by atoms with Crippen LogP contribution < -0.4 is 0 Å². The lowest BCUT2D eigenvalue weighted by atomic mass is 9.75. The first kappa shape index (κ1) is 13.6. The van der Waals surface area contributed by atoms with Crippen molar-refractivity contribution in [3.05, 3.63) is 42.3 Å². The maximum Gasteiger partial charge on any atom is -0.00723 e. The zero-order valence-electron chi connectivity index (χ0n) is 12.2. The Hall–Kier alpha value is -0.780. The van der Waals surface area contributed by atoms with E-state index in [0.717, 1.165) is 11.8 Å². The highest BCUT2D eigenvalue weighted by Crippen LogP contribution is 2.35. The number of hydrogen-bond acceptors (Lipinski definition) is 0. The van der Waals surface area contributed by atoms with E-state index < -0.39 is 0 Å². The van der Waals surface area contributed by atoms with Crippen LogP contribution in [0, 0.1) is 18.3 Å². The first-order valence-electron chi connectivity index (χ1n) is 7.48. The van der Waals surface area contributed by atoms with Gasteiger partial charge in [0.1, 0.15) is 0 Å². The molecular weight excluding hydrogens is 216 g/mol. The summed E-state index contributed by atoms with van der Waals surface area (Å²) < 4.78 is 0. The van der Waals surface area contributed by atoms with Gasteiger partial charge in [0.05, 0.1) is 0 Å². The lowest BCUT2D eigenvalue weighted by Gasteiger charge is -2.30. The van der Waals surface area contributed by atoms with Crippen molar-refractivity contribution in [2.45, 2.75) is 58.3 Å². The molecule has 0 amide bonds. The molecule has 0 nitrogen and oxygen atoms in total. The van der Waals surface area contributed by atoms with Crippen molar-refractivity contribution < 1.29 is 0 Å². The van der Waals surface area contributed by atoms with Gasteiger partial charge in [-0.3, -0.25) is 0 Å². The molecule has 1 aromatic carbocycles. The molecule has 0 saturated heterocycles. The molecule has 0 heteroatoms. The van der Waals surface area contributed by atoms with Crippen LogP contribution in [0.1, 0.15) is 58.4 Å². The summed E-state index contributed by atoms with van der Waals surface area (Å²) in [5.41, 5.74) is 1.65. The van der Waals surface area contributed by atoms with E-state index >= 15 is 0 Å². The van der Waals surface area contributed by atoms with Gasteiger partial charge in [0.2, 0.25) is 0 Å². The lowest BCUT2D eigenvalue weighted by molar-refractivity contribution is 0.281. The Bertz CT molecular complexity index is 342. The molecule has 0 spiro atoms. The molecule has 1 fully saturated rings. The molecule has 1 aromatic rings. The molecule has 1 aliphatic carbocycles. The van der Waals surface area contributed by atoms with E-state index in [0.29, 0.717) is 0 Å². The van der Waals surface area contributed by atoms with E-state index in [4.69, 9.17) is 0 Å². The highest BCUT2D eigenvalue weighted by molar-refractivity contribution is 5.26. The zero-order valence-corrected chi connectivity index (χ0v) is 12.2. The fourth-order valence-corrected chi connectivity index (χ4v) is 3.01. The maximum atomic E-state index is 2.54. The Morgan fingerprint density at radius 1 is 1.06 bits per heavy atom. The fraction of sp³-hybridized carbons (Fsp3) is 0.611. The molecule has 0 aliphatic heterocycles. The van der Waals surface area contributed by atoms with Gasteiger partial charge in [-0.25, -0.2) is 0 Å². The smallest absolute Gasteiger partial charge is 0.00723 e. The summed E-state index contributed by atoms with van der Waals surface area (Å²) >= 11 is 0. The molecule has 18 heavy (non-hydrogen) atoms. The van der Waals surface area contributed by atoms with Crippen molar-refractivity contribution in [1.82, 2.24) is 0 Å². The minimum absolute atomic E-state index is 0.213. The van der Waals surface area contributed by atoms with Crippen molar-refractivity contribution in [2.75, 3.05) is 0 Å². The Labute approximate surface area is 113 Å². The normalized spacial score (nSPS) is 25.1. The molecule has 1 radical (unpaired) electrons. The van der Waals surface area contributed by atoms with Gasteiger partial charge in [-0.1, -0.05) is 76.8 Å². The van der Waals surface area contributed by atoms with E-state index in [1.807, 2.05) is 0 Å². The third kappa shape index (κ3) is 3.60. The Morgan fingerprint density at radius 3 is 2.28 bits per heavy atom. The monoisotopic (exact) mass is 243 g/mol. The molecule has 0 bridgehead atoms. The fourth-order valence-electron chi connectivity index (χ4n) is 3.01. The van der Waals surface area contributed by atoms with Crippen LogP contribution in [0.3, 0.4) is 0 Å². The van der Waals surface area contributed by atoms with Crippen LogP contribution in [0.2, 0.25) is 0 Å². The second-order valence-electron chi connectivity index (χ2n) is 6.65. The largest absolute Gasteiger partial charge is 0.0625 e. The van der Waals surface area contributed by atoms with E-state index in [2.05, 4.69) is 57.5 Å². The Kier molecular flexibility index (Phi) is 4.48. The highest BCUT2D eigenvalue weighted by atomic mass is 14.3. The van der Waals surface area contributed by atoms with Crippen LogP contribution in [-0.2, 0) is 5.41 Å². The topological polar surface area (TPSA) is 0 Å². The zero-order chi connectivity index (χ0) is 13.0. The lowest BCUT2D eigenvalue weighted by Crippen LogP contribution is -2.21. The summed E-state index contributed by atoms with van der Waals surface area (Å²) in [6, 6.07) is 10.9. The van der Waals surface area contributed by atoms with E-state index in [1.54, 1.807) is 0 Å². The second-order valence-corrected chi connectivity index (χ2v) is 6.65. The molecule has 99 valence electrons. The third-order valence-electron chi connectivity index (χ3n) is 4.61. The van der Waals surface area contributed by atoms with E-state index in [-0.39, 0.29) is 5.41 Å². The van der Waals surface area contributed by atoms with Crippen LogP contribution in [-0.4, -0.2) is 0 Å². The molecule has 0 unspecified atom stereocenters. The van der Waals surface area contributed by atoms with Crippen LogP contribution >= 0.6 is 0 Å². The van der Waals surface area contributed by atoms with Gasteiger partial charge in [-0.15, -0.1) is 0 Å². The van der Waals surface area contributed by atoms with Crippen molar-refractivity contribution in [1.29, 1.82) is 0 Å². The second kappa shape index (κ2) is 5.91. The third-order valence-corrected chi connectivity index (χ3v) is 4.61. The van der Waals surface area contributed by atoms with Crippen LogP contribution in [0.5, 0.6) is 0 Å². The minimum Gasteiger partial charge on any atom is -0.0625 e. The molecule has 0 atom stereocenters. The van der Waals surface area contributed by atoms with Gasteiger partial charge in [0, 0.05) is 0 Å². The van der Waals surface area contributed by atoms with Gasteiger partial charge in [-0.2, -0.15) is 0 Å². The summed E-state index contributed by atoms with van der Waals surface area (Å²) in [6.07, 6.45) is 9.57. The van der Waals surface area contributed by atoms with Crippen LogP contribution in [0.4, 0.5) is 0 Å². The van der Waals surface area contributed by atoms with Crippen LogP contribution in [0.15, 0.2) is 30.3 Å². The van der Waals surface area contributed by atoms with Crippen molar-refractivity contribution in [2.24, 2.45) is 11.8 Å². The van der Waals surface area contributed by atoms with Gasteiger partial charge in [0.25, 0.3) is 0 Å². The first-order valence-corrected chi connectivity index (χ1v) is 7.48. The molecule has 0 N–H and O–H groups in total. The average molecular weight is 243 g/mol. The predicted octanol–water partition coefficient (Wildman–Crippen LogP) is 5.38. The number of benzene rings is 1. The Balaban J connectivity index is 1.86. The predicted molar refractivity (Wildman–Crippen MR) is 79.5 cm³/mol. The highest BCUT2D eigenvalue weighted by Gasteiger charge is 2.24. The van der Waals surface area contributed by atoms with Gasteiger partial charge < -0.3 is 0 Å². The summed E-state index contributed by atoms with van der Waals surface area (Å²) in [5, 5.41) is 0. The Morgan fingerprint density at radius 2 is 1.67 bits per heavy atom. The summed E-state index contributed by atoms with van der Waals surface area (Å²) in [6.45, 7) is 7.08. The average Bonchev–Trinajstić information content (AvgIpc) is 2.39. The molecule has 1 aliphatic rings. The standard InChI is InChI=1S/C18H27/c1-15-9-11-16(12-10-15)13-14-18(2,3)17-7-5-4-6-8-17/h4-8,14-16H,9-13H2,1-3H3. The molecule has 0 heterocycles. The molecular formula is C18H27. The SMILES string of the molecule is CC1CCC(C[CH]C(C)(C)c2ccccc2)CC1. The minimum atomic E-state index is 0.213. The molecule has 1 saturated carbocycles. The van der Waals surface area contributed by atoms with Gasteiger partial charge in [-0.05, 0) is 35.7 Å². The van der Waals surface area contributed by atoms with Gasteiger partial charge in [0.15, 0.2) is 0 Å². The number of rotatable bonds is 4. The summed E-state index contributed by atoms with van der Waals surface area (Å²) in [4.78, 5) is 0. The van der Waals surface area contributed by atoms with E-state index in [9.17, 15) is 0 Å². The van der Waals surface area contributed by atoms with Crippen molar-refractivity contribution in [3.63, 3.8) is 0 Å². The van der Waals surface area contributed by atoms with Crippen molar-refractivity contribution >= 4 is 0 Å². The van der Waals surface area contributed by atoms with E-state index in [1.165, 1.54) is 37.7 Å². The van der Waals surface area contributed by atoms with Crippen molar-refractivity contribution in [3.8, 4) is 0 Å². The number of hydrogen-bond donors (Lipinski definition) is 0. The van der Waals surface area contributed by atoms with Gasteiger partial charge >= 0.3 is 0 Å². The molecule has 2 rings (SSSR count). The first-order chi connectivity index (χ1) is 8.58.